The van der Waals surface area contributed by atoms with Gasteiger partial charge in [0, 0.05) is 16.8 Å². The van der Waals surface area contributed by atoms with Gasteiger partial charge in [0.1, 0.15) is 5.82 Å². The second kappa shape index (κ2) is 9.25. The third kappa shape index (κ3) is 5.46. The predicted octanol–water partition coefficient (Wildman–Crippen LogP) is 3.72. The Labute approximate surface area is 175 Å². The summed E-state index contributed by atoms with van der Waals surface area (Å²) in [4.78, 5) is 12.1. The summed E-state index contributed by atoms with van der Waals surface area (Å²) in [5.74, 6) is 4.79. The van der Waals surface area contributed by atoms with E-state index < -0.39 is 15.8 Å². The van der Waals surface area contributed by atoms with E-state index in [4.69, 9.17) is 0 Å². The molecule has 5 nitrogen and oxygen atoms in total. The molecule has 3 aromatic rings. The van der Waals surface area contributed by atoms with Crippen LogP contribution in [0, 0.1) is 24.6 Å². The van der Waals surface area contributed by atoms with Crippen LogP contribution in [0.1, 0.15) is 21.5 Å². The highest BCUT2D eigenvalue weighted by molar-refractivity contribution is 7.92. The molecule has 30 heavy (non-hydrogen) atoms. The fourth-order valence-corrected chi connectivity index (χ4v) is 3.63. The Bertz CT molecular complexity index is 1230. The molecule has 0 aliphatic heterocycles. The lowest BCUT2D eigenvalue weighted by atomic mass is 10.2. The van der Waals surface area contributed by atoms with Gasteiger partial charge in [-0.25, -0.2) is 12.8 Å². The molecule has 0 unspecified atom stereocenters. The molecule has 152 valence electrons. The maximum atomic E-state index is 13.7. The van der Waals surface area contributed by atoms with Crippen LogP contribution in [0.5, 0.6) is 0 Å². The third-order valence-corrected chi connectivity index (χ3v) is 5.55. The Morgan fingerprint density at radius 2 is 1.77 bits per heavy atom. The van der Waals surface area contributed by atoms with Crippen LogP contribution >= 0.6 is 0 Å². The zero-order chi connectivity index (χ0) is 21.6. The lowest BCUT2D eigenvalue weighted by molar-refractivity contribution is 0.0958. The molecule has 0 saturated heterocycles. The fourth-order valence-electron chi connectivity index (χ4n) is 2.57. The number of amides is 1. The number of halogens is 1. The van der Waals surface area contributed by atoms with Crippen molar-refractivity contribution >= 4 is 21.6 Å². The Kier molecular flexibility index (Phi) is 6.50. The van der Waals surface area contributed by atoms with Gasteiger partial charge >= 0.3 is 0 Å². The van der Waals surface area contributed by atoms with Crippen LogP contribution in [-0.2, 0) is 10.0 Å². The average molecular weight is 422 g/mol. The second-order valence-electron chi connectivity index (χ2n) is 6.45. The summed E-state index contributed by atoms with van der Waals surface area (Å²) in [6.07, 6.45) is 0. The van der Waals surface area contributed by atoms with Crippen molar-refractivity contribution in [1.29, 1.82) is 0 Å². The van der Waals surface area contributed by atoms with Gasteiger partial charge in [-0.3, -0.25) is 9.52 Å². The number of hydrogen-bond acceptors (Lipinski definition) is 3. The minimum absolute atomic E-state index is 0.145. The number of anilines is 1. The van der Waals surface area contributed by atoms with E-state index >= 15 is 0 Å². The van der Waals surface area contributed by atoms with Crippen molar-refractivity contribution in [2.75, 3.05) is 11.3 Å². The number of carbonyl (C=O) groups excluding carboxylic acids is 1. The van der Waals surface area contributed by atoms with Gasteiger partial charge in [0.15, 0.2) is 0 Å². The van der Waals surface area contributed by atoms with E-state index in [2.05, 4.69) is 21.9 Å². The van der Waals surface area contributed by atoms with Crippen molar-refractivity contribution in [3.63, 3.8) is 0 Å². The summed E-state index contributed by atoms with van der Waals surface area (Å²) >= 11 is 0. The molecule has 3 aromatic carbocycles. The number of carbonyl (C=O) groups is 1. The van der Waals surface area contributed by atoms with Crippen LogP contribution in [0.4, 0.5) is 10.1 Å². The van der Waals surface area contributed by atoms with E-state index in [9.17, 15) is 17.6 Å². The van der Waals surface area contributed by atoms with Gasteiger partial charge in [-0.15, -0.1) is 0 Å². The topological polar surface area (TPSA) is 75.3 Å². The van der Waals surface area contributed by atoms with E-state index in [0.717, 1.165) is 11.6 Å². The molecule has 0 aliphatic rings. The van der Waals surface area contributed by atoms with Gasteiger partial charge in [0.2, 0.25) is 0 Å². The van der Waals surface area contributed by atoms with Gasteiger partial charge in [-0.2, -0.15) is 0 Å². The third-order valence-electron chi connectivity index (χ3n) is 4.17. The van der Waals surface area contributed by atoms with E-state index in [-0.39, 0.29) is 28.6 Å². The summed E-state index contributed by atoms with van der Waals surface area (Å²) in [5.41, 5.74) is 1.66. The quantitative estimate of drug-likeness (QED) is 0.616. The number of sulfonamides is 1. The molecular formula is C23H19FN2O3S. The summed E-state index contributed by atoms with van der Waals surface area (Å²) in [5, 5.41) is 2.67. The van der Waals surface area contributed by atoms with Crippen LogP contribution < -0.4 is 10.0 Å². The van der Waals surface area contributed by atoms with Crippen molar-refractivity contribution in [3.8, 4) is 11.8 Å². The first-order valence-electron chi connectivity index (χ1n) is 9.06. The van der Waals surface area contributed by atoms with Crippen LogP contribution in [0.2, 0.25) is 0 Å². The fraction of sp³-hybridized carbons (Fsp3) is 0.0870. The Morgan fingerprint density at radius 3 is 2.50 bits per heavy atom. The van der Waals surface area contributed by atoms with Crippen molar-refractivity contribution in [1.82, 2.24) is 5.32 Å². The summed E-state index contributed by atoms with van der Waals surface area (Å²) in [7, 11) is -3.99. The first-order valence-corrected chi connectivity index (χ1v) is 10.5. The van der Waals surface area contributed by atoms with Gasteiger partial charge in [0.05, 0.1) is 11.4 Å². The van der Waals surface area contributed by atoms with E-state index in [0.29, 0.717) is 5.56 Å². The maximum absolute atomic E-state index is 13.7. The van der Waals surface area contributed by atoms with Gasteiger partial charge < -0.3 is 5.32 Å². The highest BCUT2D eigenvalue weighted by Gasteiger charge is 2.16. The van der Waals surface area contributed by atoms with E-state index in [1.54, 1.807) is 19.1 Å². The molecule has 0 saturated carbocycles. The van der Waals surface area contributed by atoms with Crippen LogP contribution in [-0.4, -0.2) is 20.9 Å². The average Bonchev–Trinajstić information content (AvgIpc) is 2.73. The highest BCUT2D eigenvalue weighted by Crippen LogP contribution is 2.19. The minimum Gasteiger partial charge on any atom is -0.341 e. The molecule has 2 N–H and O–H groups in total. The highest BCUT2D eigenvalue weighted by atomic mass is 32.2. The molecular weight excluding hydrogens is 403 g/mol. The maximum Gasteiger partial charge on any atom is 0.261 e. The predicted molar refractivity (Wildman–Crippen MR) is 114 cm³/mol. The number of hydrogen-bond donors (Lipinski definition) is 2. The molecule has 0 aromatic heterocycles. The number of aryl methyl sites for hydroxylation is 1. The minimum atomic E-state index is -3.99. The number of rotatable bonds is 5. The Balaban J connectivity index is 1.67. The van der Waals surface area contributed by atoms with E-state index in [1.807, 2.05) is 30.3 Å². The van der Waals surface area contributed by atoms with Crippen molar-refractivity contribution in [2.24, 2.45) is 0 Å². The van der Waals surface area contributed by atoms with Gasteiger partial charge in [-0.1, -0.05) is 42.2 Å². The van der Waals surface area contributed by atoms with Crippen LogP contribution in [0.15, 0.2) is 77.7 Å². The Hall–Kier alpha value is -3.63. The molecule has 0 heterocycles. The number of benzene rings is 3. The monoisotopic (exact) mass is 422 g/mol. The zero-order valence-electron chi connectivity index (χ0n) is 16.1. The molecule has 0 bridgehead atoms. The first-order chi connectivity index (χ1) is 14.3. The zero-order valence-corrected chi connectivity index (χ0v) is 17.0. The molecule has 0 spiro atoms. The number of nitrogens with one attached hydrogen (secondary N) is 2. The van der Waals surface area contributed by atoms with Crippen LogP contribution in [0.3, 0.4) is 0 Å². The van der Waals surface area contributed by atoms with Crippen LogP contribution in [0.25, 0.3) is 0 Å². The molecule has 7 heteroatoms. The summed E-state index contributed by atoms with van der Waals surface area (Å²) in [6, 6.07) is 19.1. The lowest BCUT2D eigenvalue weighted by Crippen LogP contribution is -2.23. The molecule has 1 amide bonds. The normalized spacial score (nSPS) is 10.6. The molecule has 3 rings (SSSR count). The lowest BCUT2D eigenvalue weighted by Gasteiger charge is -2.10. The Morgan fingerprint density at radius 1 is 1.00 bits per heavy atom. The van der Waals surface area contributed by atoms with Gasteiger partial charge in [-0.05, 0) is 55.0 Å². The molecule has 0 fully saturated rings. The van der Waals surface area contributed by atoms with Crippen molar-refractivity contribution in [2.45, 2.75) is 11.8 Å². The van der Waals surface area contributed by atoms with E-state index in [1.165, 1.54) is 24.3 Å². The van der Waals surface area contributed by atoms with Crippen molar-refractivity contribution in [3.05, 3.63) is 95.3 Å². The first kappa shape index (κ1) is 21.1. The second-order valence-corrected chi connectivity index (χ2v) is 8.13. The summed E-state index contributed by atoms with van der Waals surface area (Å²) in [6.45, 7) is 1.69. The van der Waals surface area contributed by atoms with Gasteiger partial charge in [0.25, 0.3) is 15.9 Å². The molecule has 0 radical (unpaired) electrons. The SMILES string of the molecule is Cc1ccc(S(=O)(=O)Nc2cccc(C(=O)NCC#Cc3ccccc3)c2)cc1F. The van der Waals surface area contributed by atoms with Crippen molar-refractivity contribution < 1.29 is 17.6 Å². The largest absolute Gasteiger partial charge is 0.341 e. The standard InChI is InChI=1S/C23H19FN2O3S/c1-17-12-13-21(16-22(17)24)30(28,29)26-20-11-5-10-19(15-20)23(27)25-14-6-9-18-7-3-2-4-8-18/h2-5,7-8,10-13,15-16,26H,14H2,1H3,(H,25,27). The molecule has 0 aliphatic carbocycles. The molecule has 0 atom stereocenters. The summed E-state index contributed by atoms with van der Waals surface area (Å²) < 4.78 is 41.1. The smallest absolute Gasteiger partial charge is 0.261 e.